The molecule has 0 aliphatic carbocycles. The summed E-state index contributed by atoms with van der Waals surface area (Å²) in [5, 5.41) is 7.40. The summed E-state index contributed by atoms with van der Waals surface area (Å²) in [6.07, 6.45) is 0. The van der Waals surface area contributed by atoms with Crippen molar-refractivity contribution in [2.45, 2.75) is 0 Å². The molecule has 2 heterocycles. The number of ether oxygens (including phenoxy) is 1. The normalized spacial score (nSPS) is 12.2. The second kappa shape index (κ2) is 8.08. The molecule has 0 radical (unpaired) electrons. The minimum Gasteiger partial charge on any atom is -0.456 e. The van der Waals surface area contributed by atoms with Gasteiger partial charge in [-0.1, -0.05) is 109 Å². The van der Waals surface area contributed by atoms with Crippen LogP contribution in [0.1, 0.15) is 0 Å². The molecule has 0 fully saturated rings. The molecule has 0 saturated carbocycles. The Morgan fingerprint density at radius 1 is 0.425 bits per heavy atom. The Morgan fingerprint density at radius 2 is 1.15 bits per heavy atom. The third kappa shape index (κ3) is 2.93. The Morgan fingerprint density at radius 3 is 2.08 bits per heavy atom. The molecule has 1 aliphatic rings. The van der Waals surface area contributed by atoms with E-state index in [1.54, 1.807) is 0 Å². The zero-order valence-corrected chi connectivity index (χ0v) is 21.6. The maximum absolute atomic E-state index is 6.41. The molecule has 2 heteroatoms. The zero-order chi connectivity index (χ0) is 26.2. The lowest BCUT2D eigenvalue weighted by Gasteiger charge is -2.22. The number of rotatable bonds is 2. The van der Waals surface area contributed by atoms with Gasteiger partial charge in [-0.05, 0) is 52.2 Å². The lowest BCUT2D eigenvalue weighted by Crippen LogP contribution is -1.98. The Labute approximate surface area is 231 Å². The number of fused-ring (bicyclic) bond motifs is 7. The highest BCUT2D eigenvalue weighted by Gasteiger charge is 2.22. The lowest BCUT2D eigenvalue weighted by atomic mass is 9.92. The van der Waals surface area contributed by atoms with Gasteiger partial charge in [-0.2, -0.15) is 0 Å². The van der Waals surface area contributed by atoms with Crippen LogP contribution in [-0.4, -0.2) is 4.57 Å². The second-order valence-corrected chi connectivity index (χ2v) is 10.5. The van der Waals surface area contributed by atoms with Gasteiger partial charge >= 0.3 is 0 Å². The Kier molecular flexibility index (Phi) is 4.36. The van der Waals surface area contributed by atoms with E-state index in [2.05, 4.69) is 144 Å². The van der Waals surface area contributed by atoms with Crippen molar-refractivity contribution in [3.8, 4) is 39.4 Å². The second-order valence-electron chi connectivity index (χ2n) is 10.5. The first-order valence-electron chi connectivity index (χ1n) is 13.7. The van der Waals surface area contributed by atoms with Crippen LogP contribution >= 0.6 is 0 Å². The van der Waals surface area contributed by atoms with E-state index in [9.17, 15) is 0 Å². The summed E-state index contributed by atoms with van der Waals surface area (Å²) in [6, 6.07) is 50.1. The predicted octanol–water partition coefficient (Wildman–Crippen LogP) is 10.5. The summed E-state index contributed by atoms with van der Waals surface area (Å²) in [6.45, 7) is 0. The average molecular weight is 510 g/mol. The Hall–Kier alpha value is -5.34. The smallest absolute Gasteiger partial charge is 0.135 e. The van der Waals surface area contributed by atoms with Crippen LogP contribution in [0.4, 0.5) is 0 Å². The monoisotopic (exact) mass is 509 g/mol. The molecule has 9 rings (SSSR count). The molecule has 0 saturated heterocycles. The summed E-state index contributed by atoms with van der Waals surface area (Å²) >= 11 is 0. The first-order chi connectivity index (χ1) is 19.8. The van der Waals surface area contributed by atoms with Gasteiger partial charge < -0.3 is 9.30 Å². The van der Waals surface area contributed by atoms with Crippen molar-refractivity contribution < 1.29 is 4.74 Å². The molecule has 0 unspecified atom stereocenters. The van der Waals surface area contributed by atoms with E-state index in [1.165, 1.54) is 60.0 Å². The summed E-state index contributed by atoms with van der Waals surface area (Å²) in [5.41, 5.74) is 8.35. The largest absolute Gasteiger partial charge is 0.456 e. The molecule has 0 atom stereocenters. The van der Waals surface area contributed by atoms with Gasteiger partial charge in [-0.25, -0.2) is 0 Å². The van der Waals surface area contributed by atoms with E-state index in [-0.39, 0.29) is 0 Å². The van der Waals surface area contributed by atoms with Crippen molar-refractivity contribution in [1.29, 1.82) is 0 Å². The van der Waals surface area contributed by atoms with Crippen LogP contribution in [0.25, 0.3) is 71.3 Å². The van der Waals surface area contributed by atoms with Gasteiger partial charge in [0.2, 0.25) is 0 Å². The van der Waals surface area contributed by atoms with Gasteiger partial charge in [0.1, 0.15) is 11.5 Å². The summed E-state index contributed by atoms with van der Waals surface area (Å²) in [4.78, 5) is 0. The summed E-state index contributed by atoms with van der Waals surface area (Å²) in [5.74, 6) is 1.82. The van der Waals surface area contributed by atoms with Crippen LogP contribution in [0, 0.1) is 0 Å². The fourth-order valence-corrected chi connectivity index (χ4v) is 6.63. The van der Waals surface area contributed by atoms with Gasteiger partial charge in [-0.15, -0.1) is 0 Å². The molecule has 7 aromatic carbocycles. The highest BCUT2D eigenvalue weighted by Crippen LogP contribution is 2.48. The van der Waals surface area contributed by atoms with E-state index in [1.807, 2.05) is 0 Å². The van der Waals surface area contributed by atoms with E-state index in [0.29, 0.717) is 0 Å². The van der Waals surface area contributed by atoms with Gasteiger partial charge in [0.15, 0.2) is 0 Å². The fraction of sp³-hybridized carbons (Fsp3) is 0. The van der Waals surface area contributed by atoms with Crippen LogP contribution < -0.4 is 4.74 Å². The average Bonchev–Trinajstić information content (AvgIpc) is 3.37. The molecule has 0 amide bonds. The molecule has 1 aromatic heterocycles. The molecule has 0 spiro atoms. The van der Waals surface area contributed by atoms with Crippen molar-refractivity contribution in [2.75, 3.05) is 0 Å². The van der Waals surface area contributed by atoms with Crippen LogP contribution in [-0.2, 0) is 0 Å². The fourth-order valence-electron chi connectivity index (χ4n) is 6.63. The lowest BCUT2D eigenvalue weighted by molar-refractivity contribution is 0.487. The van der Waals surface area contributed by atoms with Gasteiger partial charge in [0.25, 0.3) is 0 Å². The summed E-state index contributed by atoms with van der Waals surface area (Å²) < 4.78 is 8.86. The van der Waals surface area contributed by atoms with E-state index in [0.717, 1.165) is 22.7 Å². The van der Waals surface area contributed by atoms with Gasteiger partial charge in [0.05, 0.1) is 11.0 Å². The molecule has 0 N–H and O–H groups in total. The maximum atomic E-state index is 6.41. The van der Waals surface area contributed by atoms with Crippen LogP contribution in [0.2, 0.25) is 0 Å². The van der Waals surface area contributed by atoms with Crippen LogP contribution in [0.5, 0.6) is 11.5 Å². The van der Waals surface area contributed by atoms with Crippen molar-refractivity contribution in [3.05, 3.63) is 140 Å². The topological polar surface area (TPSA) is 14.2 Å². The molecule has 40 heavy (non-hydrogen) atoms. The highest BCUT2D eigenvalue weighted by atomic mass is 16.5. The first-order valence-corrected chi connectivity index (χ1v) is 13.7. The summed E-state index contributed by atoms with van der Waals surface area (Å²) in [7, 11) is 0. The molecular formula is C38H23NO. The number of nitrogens with zero attached hydrogens (tertiary/aromatic N) is 1. The third-order valence-electron chi connectivity index (χ3n) is 8.36. The van der Waals surface area contributed by atoms with Crippen molar-refractivity contribution in [3.63, 3.8) is 0 Å². The number of benzene rings is 7. The van der Waals surface area contributed by atoms with Crippen LogP contribution in [0.3, 0.4) is 0 Å². The van der Waals surface area contributed by atoms with Crippen LogP contribution in [0.15, 0.2) is 140 Å². The Bertz CT molecular complexity index is 2290. The number of para-hydroxylation sites is 2. The van der Waals surface area contributed by atoms with Gasteiger partial charge in [0, 0.05) is 38.4 Å². The molecular weight excluding hydrogens is 486 g/mol. The Balaban J connectivity index is 1.39. The molecule has 2 nitrogen and oxygen atoms in total. The highest BCUT2D eigenvalue weighted by molar-refractivity contribution is 6.21. The predicted molar refractivity (Wildman–Crippen MR) is 167 cm³/mol. The molecule has 8 aromatic rings. The van der Waals surface area contributed by atoms with Crippen molar-refractivity contribution in [1.82, 2.24) is 4.57 Å². The minimum absolute atomic E-state index is 0.900. The number of hydrogen-bond donors (Lipinski definition) is 0. The van der Waals surface area contributed by atoms with Crippen molar-refractivity contribution in [2.24, 2.45) is 0 Å². The maximum Gasteiger partial charge on any atom is 0.135 e. The SMILES string of the molecule is c1ccc(-n2c3c(-c4ccc5c(c4)-c4cccc6cccc(c46)O5)cccc3c3ccc4ccccc4c32)cc1. The van der Waals surface area contributed by atoms with E-state index in [4.69, 9.17) is 4.74 Å². The minimum atomic E-state index is 0.900. The molecule has 186 valence electrons. The quantitative estimate of drug-likeness (QED) is 0.226. The van der Waals surface area contributed by atoms with Crippen molar-refractivity contribution >= 4 is 43.4 Å². The number of aromatic nitrogens is 1. The standard InChI is InChI=1S/C38H23NO/c1-2-12-27(13-3-1)39-37-28-14-5-4-9-24(28)19-21-32(37)31-17-8-15-29(38(31)39)26-20-22-34-33(23-26)30-16-6-10-25-11-7-18-35(40-34)36(25)30/h1-23H. The molecule has 1 aliphatic heterocycles. The van der Waals surface area contributed by atoms with Gasteiger partial charge in [-0.3, -0.25) is 0 Å². The molecule has 0 bridgehead atoms. The zero-order valence-electron chi connectivity index (χ0n) is 21.6. The first kappa shape index (κ1) is 21.6. The number of hydrogen-bond acceptors (Lipinski definition) is 1. The van der Waals surface area contributed by atoms with E-state index < -0.39 is 0 Å². The third-order valence-corrected chi connectivity index (χ3v) is 8.36. The van der Waals surface area contributed by atoms with E-state index >= 15 is 0 Å².